The first-order valence-electron chi connectivity index (χ1n) is 6.62. The van der Waals surface area contributed by atoms with Crippen molar-refractivity contribution in [3.05, 3.63) is 48.0 Å². The van der Waals surface area contributed by atoms with E-state index >= 15 is 0 Å². The number of nitrogen functional groups attached to an aromatic ring is 1. The molecule has 106 valence electrons. The summed E-state index contributed by atoms with van der Waals surface area (Å²) in [4.78, 5) is 0. The highest BCUT2D eigenvalue weighted by atomic mass is 16.5. The molecule has 0 saturated carbocycles. The van der Waals surface area contributed by atoms with Gasteiger partial charge >= 0.3 is 0 Å². The number of benzene rings is 2. The van der Waals surface area contributed by atoms with Gasteiger partial charge in [-0.05, 0) is 19.1 Å². The van der Waals surface area contributed by atoms with Gasteiger partial charge in [-0.2, -0.15) is 0 Å². The highest BCUT2D eigenvalue weighted by molar-refractivity contribution is 5.59. The summed E-state index contributed by atoms with van der Waals surface area (Å²) in [5, 5.41) is 3.34. The molecule has 0 radical (unpaired) electrons. The van der Waals surface area contributed by atoms with Crippen LogP contribution in [0, 0.1) is 0 Å². The van der Waals surface area contributed by atoms with Crippen LogP contribution in [0.4, 0.5) is 11.4 Å². The molecule has 4 nitrogen and oxygen atoms in total. The minimum atomic E-state index is 0.620. The molecule has 0 bridgehead atoms. The van der Waals surface area contributed by atoms with Crippen LogP contribution < -0.4 is 20.5 Å². The van der Waals surface area contributed by atoms with Crippen LogP contribution in [-0.2, 0) is 6.54 Å². The molecule has 0 amide bonds. The van der Waals surface area contributed by atoms with Crippen LogP contribution in [0.1, 0.15) is 12.5 Å². The van der Waals surface area contributed by atoms with Gasteiger partial charge in [0.05, 0.1) is 13.7 Å². The number of anilines is 2. The third-order valence-corrected chi connectivity index (χ3v) is 2.92. The number of methoxy groups -OCH3 is 1. The number of nitrogens with one attached hydrogen (secondary N) is 1. The summed E-state index contributed by atoms with van der Waals surface area (Å²) < 4.78 is 10.8. The van der Waals surface area contributed by atoms with Gasteiger partial charge in [-0.1, -0.05) is 18.2 Å². The van der Waals surface area contributed by atoms with Crippen LogP contribution in [-0.4, -0.2) is 13.7 Å². The van der Waals surface area contributed by atoms with E-state index in [1.165, 1.54) is 0 Å². The normalized spacial score (nSPS) is 10.1. The quantitative estimate of drug-likeness (QED) is 0.792. The molecule has 0 aliphatic carbocycles. The van der Waals surface area contributed by atoms with Crippen LogP contribution in [0.2, 0.25) is 0 Å². The van der Waals surface area contributed by atoms with E-state index in [1.54, 1.807) is 7.11 Å². The molecule has 2 rings (SSSR count). The predicted octanol–water partition coefficient (Wildman–Crippen LogP) is 3.29. The second-order valence-electron chi connectivity index (χ2n) is 4.39. The summed E-state index contributed by atoms with van der Waals surface area (Å²) in [7, 11) is 1.67. The largest absolute Gasteiger partial charge is 0.496 e. The average molecular weight is 272 g/mol. The first kappa shape index (κ1) is 14.1. The van der Waals surface area contributed by atoms with E-state index in [0.29, 0.717) is 18.8 Å². The molecular formula is C16H20N2O2. The second-order valence-corrected chi connectivity index (χ2v) is 4.39. The Kier molecular flexibility index (Phi) is 4.71. The van der Waals surface area contributed by atoms with Gasteiger partial charge < -0.3 is 20.5 Å². The Morgan fingerprint density at radius 1 is 1.15 bits per heavy atom. The van der Waals surface area contributed by atoms with Gasteiger partial charge in [-0.25, -0.2) is 0 Å². The molecule has 20 heavy (non-hydrogen) atoms. The first-order chi connectivity index (χ1) is 9.72. The van der Waals surface area contributed by atoms with Crippen molar-refractivity contribution >= 4 is 11.4 Å². The molecule has 0 heterocycles. The van der Waals surface area contributed by atoms with E-state index in [2.05, 4.69) is 5.32 Å². The Bertz CT molecular complexity index is 570. The molecule has 0 saturated heterocycles. The molecule has 2 aromatic carbocycles. The van der Waals surface area contributed by atoms with E-state index in [4.69, 9.17) is 15.2 Å². The maximum atomic E-state index is 5.87. The molecule has 0 atom stereocenters. The van der Waals surface area contributed by atoms with Gasteiger partial charge in [0.1, 0.15) is 11.5 Å². The standard InChI is InChI=1S/C16H20N2O2/c1-3-20-15-9-13(17)8-14(10-15)18-11-12-6-4-5-7-16(12)19-2/h4-10,18H,3,11,17H2,1-2H3. The van der Waals surface area contributed by atoms with E-state index in [9.17, 15) is 0 Å². The van der Waals surface area contributed by atoms with Crippen LogP contribution in [0.5, 0.6) is 11.5 Å². The summed E-state index contributed by atoms with van der Waals surface area (Å²) in [5.74, 6) is 1.64. The van der Waals surface area contributed by atoms with Crippen molar-refractivity contribution in [1.82, 2.24) is 0 Å². The lowest BCUT2D eigenvalue weighted by Crippen LogP contribution is -2.03. The maximum absolute atomic E-state index is 5.87. The third-order valence-electron chi connectivity index (χ3n) is 2.92. The summed E-state index contributed by atoms with van der Waals surface area (Å²) in [6, 6.07) is 13.6. The van der Waals surface area contributed by atoms with Crippen molar-refractivity contribution in [2.24, 2.45) is 0 Å². The van der Waals surface area contributed by atoms with Gasteiger partial charge in [0.25, 0.3) is 0 Å². The molecule has 0 spiro atoms. The second kappa shape index (κ2) is 6.70. The zero-order chi connectivity index (χ0) is 14.4. The zero-order valence-corrected chi connectivity index (χ0v) is 11.8. The van der Waals surface area contributed by atoms with Gasteiger partial charge in [-0.15, -0.1) is 0 Å². The van der Waals surface area contributed by atoms with E-state index in [-0.39, 0.29) is 0 Å². The highest BCUT2D eigenvalue weighted by Gasteiger charge is 2.03. The predicted molar refractivity (Wildman–Crippen MR) is 82.3 cm³/mol. The van der Waals surface area contributed by atoms with Crippen molar-refractivity contribution in [2.45, 2.75) is 13.5 Å². The molecule has 0 aliphatic heterocycles. The number of rotatable bonds is 6. The fourth-order valence-corrected chi connectivity index (χ4v) is 2.02. The lowest BCUT2D eigenvalue weighted by Gasteiger charge is -2.12. The summed E-state index contributed by atoms with van der Waals surface area (Å²) in [5.41, 5.74) is 8.57. The topological polar surface area (TPSA) is 56.5 Å². The summed E-state index contributed by atoms with van der Waals surface area (Å²) in [6.45, 7) is 3.24. The number of hydrogen-bond acceptors (Lipinski definition) is 4. The average Bonchev–Trinajstić information content (AvgIpc) is 2.45. The number of nitrogens with two attached hydrogens (primary N) is 1. The fourth-order valence-electron chi connectivity index (χ4n) is 2.02. The third kappa shape index (κ3) is 3.57. The van der Waals surface area contributed by atoms with E-state index in [0.717, 1.165) is 22.7 Å². The zero-order valence-electron chi connectivity index (χ0n) is 11.8. The van der Waals surface area contributed by atoms with Crippen molar-refractivity contribution in [2.75, 3.05) is 24.8 Å². The molecular weight excluding hydrogens is 252 g/mol. The fraction of sp³-hybridized carbons (Fsp3) is 0.250. The Morgan fingerprint density at radius 3 is 2.70 bits per heavy atom. The smallest absolute Gasteiger partial charge is 0.123 e. The summed E-state index contributed by atoms with van der Waals surface area (Å²) in [6.07, 6.45) is 0. The number of hydrogen-bond donors (Lipinski definition) is 2. The lowest BCUT2D eigenvalue weighted by molar-refractivity contribution is 0.340. The SMILES string of the molecule is CCOc1cc(N)cc(NCc2ccccc2OC)c1. The Hall–Kier alpha value is -2.36. The molecule has 0 aromatic heterocycles. The monoisotopic (exact) mass is 272 g/mol. The van der Waals surface area contributed by atoms with Crippen LogP contribution in [0.25, 0.3) is 0 Å². The lowest BCUT2D eigenvalue weighted by atomic mass is 10.2. The van der Waals surface area contributed by atoms with Gasteiger partial charge in [0.2, 0.25) is 0 Å². The van der Waals surface area contributed by atoms with Crippen molar-refractivity contribution in [1.29, 1.82) is 0 Å². The van der Waals surface area contributed by atoms with Crippen LogP contribution >= 0.6 is 0 Å². The van der Waals surface area contributed by atoms with Crippen molar-refractivity contribution in [3.63, 3.8) is 0 Å². The Morgan fingerprint density at radius 2 is 1.95 bits per heavy atom. The molecule has 2 aromatic rings. The Labute approximate surface area is 119 Å². The van der Waals surface area contributed by atoms with Crippen molar-refractivity contribution < 1.29 is 9.47 Å². The van der Waals surface area contributed by atoms with E-state index < -0.39 is 0 Å². The van der Waals surface area contributed by atoms with Gasteiger partial charge in [-0.3, -0.25) is 0 Å². The van der Waals surface area contributed by atoms with Gasteiger partial charge in [0.15, 0.2) is 0 Å². The number of ether oxygens (including phenoxy) is 2. The van der Waals surface area contributed by atoms with E-state index in [1.807, 2.05) is 49.4 Å². The minimum Gasteiger partial charge on any atom is -0.496 e. The first-order valence-corrected chi connectivity index (χ1v) is 6.62. The molecule has 0 fully saturated rings. The molecule has 4 heteroatoms. The Balaban J connectivity index is 2.10. The molecule has 0 unspecified atom stereocenters. The molecule has 0 aliphatic rings. The number of para-hydroxylation sites is 1. The van der Waals surface area contributed by atoms with Crippen LogP contribution in [0.3, 0.4) is 0 Å². The van der Waals surface area contributed by atoms with Crippen LogP contribution in [0.15, 0.2) is 42.5 Å². The summed E-state index contributed by atoms with van der Waals surface area (Å²) >= 11 is 0. The van der Waals surface area contributed by atoms with Gasteiger partial charge in [0, 0.05) is 35.6 Å². The maximum Gasteiger partial charge on any atom is 0.123 e. The minimum absolute atomic E-state index is 0.620. The molecule has 3 N–H and O–H groups in total. The van der Waals surface area contributed by atoms with Crippen molar-refractivity contribution in [3.8, 4) is 11.5 Å². The highest BCUT2D eigenvalue weighted by Crippen LogP contribution is 2.24.